The van der Waals surface area contributed by atoms with Gasteiger partial charge in [-0.15, -0.1) is 0 Å². The van der Waals surface area contributed by atoms with Crippen molar-refractivity contribution in [3.63, 3.8) is 0 Å². The summed E-state index contributed by atoms with van der Waals surface area (Å²) in [6, 6.07) is 29.1. The van der Waals surface area contributed by atoms with Gasteiger partial charge in [0.15, 0.2) is 0 Å². The fraction of sp³-hybridized carbons (Fsp3) is 0. The fourth-order valence-electron chi connectivity index (χ4n) is 3.91. The fourth-order valence-corrected chi connectivity index (χ4v) is 3.91. The maximum Gasteiger partial charge on any atom is 0.0803 e. The molecule has 0 saturated heterocycles. The molecule has 3 nitrogen and oxygen atoms in total. The Labute approximate surface area is 161 Å². The SMILES string of the molecule is c1ccc2nc3cccc(-c4ccc5ccc6ncccc6c5n4)c3cc2c1. The Hall–Kier alpha value is -3.85. The van der Waals surface area contributed by atoms with Crippen LogP contribution in [-0.4, -0.2) is 15.0 Å². The van der Waals surface area contributed by atoms with Crippen molar-refractivity contribution >= 4 is 43.6 Å². The lowest BCUT2D eigenvalue weighted by Crippen LogP contribution is -1.90. The van der Waals surface area contributed by atoms with Gasteiger partial charge in [-0.25, -0.2) is 9.97 Å². The Balaban J connectivity index is 1.67. The van der Waals surface area contributed by atoms with Gasteiger partial charge >= 0.3 is 0 Å². The predicted molar refractivity (Wildman–Crippen MR) is 115 cm³/mol. The molecule has 0 amide bonds. The first-order valence-corrected chi connectivity index (χ1v) is 9.30. The monoisotopic (exact) mass is 357 g/mol. The van der Waals surface area contributed by atoms with Crippen LogP contribution in [-0.2, 0) is 0 Å². The van der Waals surface area contributed by atoms with Crippen molar-refractivity contribution in [1.29, 1.82) is 0 Å². The number of para-hydroxylation sites is 1. The highest BCUT2D eigenvalue weighted by molar-refractivity contribution is 6.06. The molecule has 130 valence electrons. The Morgan fingerprint density at radius 3 is 2.43 bits per heavy atom. The number of benzene rings is 3. The Kier molecular flexibility index (Phi) is 3.17. The van der Waals surface area contributed by atoms with Gasteiger partial charge in [-0.2, -0.15) is 0 Å². The molecule has 0 N–H and O–H groups in total. The summed E-state index contributed by atoms with van der Waals surface area (Å²) in [6.45, 7) is 0. The van der Waals surface area contributed by atoms with Crippen molar-refractivity contribution in [3.8, 4) is 11.3 Å². The van der Waals surface area contributed by atoms with Crippen LogP contribution in [0.2, 0.25) is 0 Å². The molecule has 3 aromatic carbocycles. The molecule has 3 aromatic heterocycles. The standard InChI is InChI=1S/C25H15N3/c1-2-8-21-17(5-1)15-20-18(6-3-9-23(20)27-21)24-13-11-16-10-12-22-19(25(16)28-24)7-4-14-26-22/h1-15H. The van der Waals surface area contributed by atoms with Crippen molar-refractivity contribution in [3.05, 3.63) is 91.1 Å². The number of hydrogen-bond donors (Lipinski definition) is 0. The van der Waals surface area contributed by atoms with Gasteiger partial charge in [0, 0.05) is 33.3 Å². The average Bonchev–Trinajstić information content (AvgIpc) is 2.77. The molecule has 0 atom stereocenters. The Morgan fingerprint density at radius 2 is 1.43 bits per heavy atom. The first-order valence-electron chi connectivity index (χ1n) is 9.30. The second kappa shape index (κ2) is 5.83. The molecule has 3 heteroatoms. The minimum Gasteiger partial charge on any atom is -0.256 e. The van der Waals surface area contributed by atoms with Crippen LogP contribution in [0.25, 0.3) is 54.9 Å². The van der Waals surface area contributed by atoms with Gasteiger partial charge in [0.2, 0.25) is 0 Å². The molecule has 0 spiro atoms. The maximum atomic E-state index is 5.04. The predicted octanol–water partition coefficient (Wildman–Crippen LogP) is 6.15. The number of hydrogen-bond acceptors (Lipinski definition) is 3. The smallest absolute Gasteiger partial charge is 0.0803 e. The van der Waals surface area contributed by atoms with E-state index < -0.39 is 0 Å². The summed E-state index contributed by atoms with van der Waals surface area (Å²) in [5, 5.41) is 4.45. The minimum atomic E-state index is 0.950. The van der Waals surface area contributed by atoms with E-state index in [-0.39, 0.29) is 0 Å². The molecule has 0 aliphatic carbocycles. The topological polar surface area (TPSA) is 38.7 Å². The zero-order valence-electron chi connectivity index (χ0n) is 15.0. The summed E-state index contributed by atoms with van der Waals surface area (Å²) >= 11 is 0. The zero-order chi connectivity index (χ0) is 18.5. The lowest BCUT2D eigenvalue weighted by Gasteiger charge is -2.09. The van der Waals surface area contributed by atoms with E-state index in [1.807, 2.05) is 30.5 Å². The summed E-state index contributed by atoms with van der Waals surface area (Å²) in [4.78, 5) is 14.3. The van der Waals surface area contributed by atoms with E-state index in [4.69, 9.17) is 9.97 Å². The largest absolute Gasteiger partial charge is 0.256 e. The van der Waals surface area contributed by atoms with Crippen LogP contribution in [0.1, 0.15) is 0 Å². The normalized spacial score (nSPS) is 11.6. The van der Waals surface area contributed by atoms with Gasteiger partial charge in [-0.3, -0.25) is 4.98 Å². The molecule has 3 heterocycles. The highest BCUT2D eigenvalue weighted by Crippen LogP contribution is 2.31. The van der Waals surface area contributed by atoms with E-state index >= 15 is 0 Å². The van der Waals surface area contributed by atoms with Crippen LogP contribution in [0, 0.1) is 0 Å². The van der Waals surface area contributed by atoms with Crippen molar-refractivity contribution < 1.29 is 0 Å². The molecule has 0 aliphatic rings. The molecule has 0 saturated carbocycles. The van der Waals surface area contributed by atoms with E-state index in [2.05, 4.69) is 65.6 Å². The number of rotatable bonds is 1. The zero-order valence-corrected chi connectivity index (χ0v) is 15.0. The van der Waals surface area contributed by atoms with E-state index in [9.17, 15) is 0 Å². The molecule has 6 aromatic rings. The number of pyridine rings is 3. The van der Waals surface area contributed by atoms with E-state index in [0.717, 1.165) is 54.9 Å². The Bertz CT molecular complexity index is 1520. The van der Waals surface area contributed by atoms with Crippen LogP contribution in [0.3, 0.4) is 0 Å². The number of aromatic nitrogens is 3. The molecular weight excluding hydrogens is 342 g/mol. The first-order chi connectivity index (χ1) is 13.9. The molecular formula is C25H15N3. The van der Waals surface area contributed by atoms with Crippen LogP contribution in [0.15, 0.2) is 91.1 Å². The van der Waals surface area contributed by atoms with Crippen molar-refractivity contribution in [2.24, 2.45) is 0 Å². The van der Waals surface area contributed by atoms with Crippen LogP contribution in [0.5, 0.6) is 0 Å². The molecule has 0 bridgehead atoms. The molecule has 0 fully saturated rings. The van der Waals surface area contributed by atoms with Gasteiger partial charge < -0.3 is 0 Å². The molecule has 6 rings (SSSR count). The molecule has 28 heavy (non-hydrogen) atoms. The van der Waals surface area contributed by atoms with Crippen LogP contribution in [0.4, 0.5) is 0 Å². The first kappa shape index (κ1) is 15.2. The van der Waals surface area contributed by atoms with Gasteiger partial charge in [0.25, 0.3) is 0 Å². The maximum absolute atomic E-state index is 5.04. The third-order valence-electron chi connectivity index (χ3n) is 5.28. The summed E-state index contributed by atoms with van der Waals surface area (Å²) < 4.78 is 0. The van der Waals surface area contributed by atoms with E-state index in [1.165, 1.54) is 0 Å². The molecule has 0 aliphatic heterocycles. The van der Waals surface area contributed by atoms with Crippen molar-refractivity contribution in [2.45, 2.75) is 0 Å². The van der Waals surface area contributed by atoms with Gasteiger partial charge in [-0.1, -0.05) is 42.5 Å². The summed E-state index contributed by atoms with van der Waals surface area (Å²) in [6.07, 6.45) is 1.82. The minimum absolute atomic E-state index is 0.950. The average molecular weight is 357 g/mol. The third kappa shape index (κ3) is 2.26. The molecule has 0 unspecified atom stereocenters. The lowest BCUT2D eigenvalue weighted by atomic mass is 10.0. The summed E-state index contributed by atoms with van der Waals surface area (Å²) in [5.74, 6) is 0. The third-order valence-corrected chi connectivity index (χ3v) is 5.28. The molecule has 0 radical (unpaired) electrons. The van der Waals surface area contributed by atoms with E-state index in [1.54, 1.807) is 0 Å². The lowest BCUT2D eigenvalue weighted by molar-refractivity contribution is 1.39. The highest BCUT2D eigenvalue weighted by Gasteiger charge is 2.10. The number of fused-ring (bicyclic) bond motifs is 5. The van der Waals surface area contributed by atoms with E-state index in [0.29, 0.717) is 0 Å². The quantitative estimate of drug-likeness (QED) is 0.262. The van der Waals surface area contributed by atoms with Crippen LogP contribution < -0.4 is 0 Å². The summed E-state index contributed by atoms with van der Waals surface area (Å²) in [5.41, 5.74) is 5.98. The van der Waals surface area contributed by atoms with Crippen molar-refractivity contribution in [2.75, 3.05) is 0 Å². The highest BCUT2D eigenvalue weighted by atomic mass is 14.7. The van der Waals surface area contributed by atoms with Gasteiger partial charge in [0.1, 0.15) is 0 Å². The van der Waals surface area contributed by atoms with Gasteiger partial charge in [-0.05, 0) is 42.5 Å². The Morgan fingerprint density at radius 1 is 0.536 bits per heavy atom. The van der Waals surface area contributed by atoms with Crippen molar-refractivity contribution in [1.82, 2.24) is 15.0 Å². The second-order valence-electron chi connectivity index (χ2n) is 6.96. The second-order valence-corrected chi connectivity index (χ2v) is 6.96. The van der Waals surface area contributed by atoms with Gasteiger partial charge in [0.05, 0.1) is 27.8 Å². The van der Waals surface area contributed by atoms with Crippen LogP contribution >= 0.6 is 0 Å². The number of nitrogens with zero attached hydrogens (tertiary/aromatic N) is 3. The summed E-state index contributed by atoms with van der Waals surface area (Å²) in [7, 11) is 0.